The molecule has 2 heteroatoms. The van der Waals surface area contributed by atoms with Gasteiger partial charge in [0.05, 0.1) is 6.61 Å². The molecule has 0 aromatic carbocycles. The second kappa shape index (κ2) is 11.8. The third kappa shape index (κ3) is 10.3. The maximum atomic E-state index is 11.3. The number of carbonyl (C=O) groups excluding carboxylic acids is 1. The Balaban J connectivity index is 4.56. The van der Waals surface area contributed by atoms with Crippen LogP contribution in [0.5, 0.6) is 0 Å². The monoisotopic (exact) mass is 264 g/mol. The lowest BCUT2D eigenvalue weighted by molar-refractivity contribution is -0.137. The molecule has 0 amide bonds. The number of hydrogen-bond acceptors (Lipinski definition) is 2. The molecule has 108 valence electrons. The van der Waals surface area contributed by atoms with E-state index in [-0.39, 0.29) is 5.97 Å². The van der Waals surface area contributed by atoms with Crippen molar-refractivity contribution in [1.29, 1.82) is 0 Å². The van der Waals surface area contributed by atoms with E-state index in [9.17, 15) is 4.79 Å². The molecule has 0 heterocycles. The molecule has 0 atom stereocenters. The summed E-state index contributed by atoms with van der Waals surface area (Å²) in [6.07, 6.45) is 12.1. The van der Waals surface area contributed by atoms with Crippen molar-refractivity contribution in [2.75, 3.05) is 6.61 Å². The second-order valence-electron chi connectivity index (χ2n) is 4.67. The van der Waals surface area contributed by atoms with Gasteiger partial charge in [0.2, 0.25) is 0 Å². The molecular weight excluding hydrogens is 236 g/mol. The van der Waals surface area contributed by atoms with Gasteiger partial charge in [-0.3, -0.25) is 0 Å². The maximum Gasteiger partial charge on any atom is 0.330 e. The number of rotatable bonds is 10. The Labute approximate surface area is 118 Å². The molecule has 0 aliphatic rings. The van der Waals surface area contributed by atoms with E-state index in [2.05, 4.69) is 26.5 Å². The topological polar surface area (TPSA) is 26.3 Å². The Kier molecular flexibility index (Phi) is 11.0. The standard InChI is InChI=1S/C17H28O2/c1-5-8-10-15(4)14-16(11-9-6-2)12-13-17(18)19-7-3/h12-14H,4-11H2,1-3H3/b13-12+,16-14-. The summed E-state index contributed by atoms with van der Waals surface area (Å²) in [6.45, 7) is 10.6. The quantitative estimate of drug-likeness (QED) is 0.316. The summed E-state index contributed by atoms with van der Waals surface area (Å²) in [5.41, 5.74) is 2.30. The van der Waals surface area contributed by atoms with Crippen LogP contribution in [0.3, 0.4) is 0 Å². The fraction of sp³-hybridized carbons (Fsp3) is 0.588. The molecule has 19 heavy (non-hydrogen) atoms. The van der Waals surface area contributed by atoms with Gasteiger partial charge in [0.15, 0.2) is 0 Å². The predicted molar refractivity (Wildman–Crippen MR) is 82.0 cm³/mol. The van der Waals surface area contributed by atoms with E-state index in [0.29, 0.717) is 6.61 Å². The van der Waals surface area contributed by atoms with Crippen LogP contribution in [0.25, 0.3) is 0 Å². The van der Waals surface area contributed by atoms with E-state index in [1.54, 1.807) is 0 Å². The van der Waals surface area contributed by atoms with Crippen LogP contribution in [0.15, 0.2) is 36.0 Å². The number of ether oxygens (including phenoxy) is 1. The average Bonchev–Trinajstić information content (AvgIpc) is 2.39. The molecule has 0 rings (SSSR count). The first-order valence-electron chi connectivity index (χ1n) is 7.37. The van der Waals surface area contributed by atoms with Crippen molar-refractivity contribution in [1.82, 2.24) is 0 Å². The largest absolute Gasteiger partial charge is 0.463 e. The molecule has 0 aliphatic carbocycles. The van der Waals surface area contributed by atoms with Crippen molar-refractivity contribution in [2.24, 2.45) is 0 Å². The van der Waals surface area contributed by atoms with Gasteiger partial charge < -0.3 is 4.74 Å². The van der Waals surface area contributed by atoms with E-state index in [0.717, 1.165) is 43.3 Å². The van der Waals surface area contributed by atoms with Gasteiger partial charge in [-0.25, -0.2) is 4.79 Å². The van der Waals surface area contributed by atoms with Gasteiger partial charge in [-0.05, 0) is 38.2 Å². The van der Waals surface area contributed by atoms with Crippen molar-refractivity contribution in [3.05, 3.63) is 36.0 Å². The molecule has 0 radical (unpaired) electrons. The van der Waals surface area contributed by atoms with E-state index in [1.165, 1.54) is 12.5 Å². The van der Waals surface area contributed by atoms with Gasteiger partial charge in [0.25, 0.3) is 0 Å². The van der Waals surface area contributed by atoms with Crippen molar-refractivity contribution in [3.63, 3.8) is 0 Å². The highest BCUT2D eigenvalue weighted by molar-refractivity contribution is 5.82. The maximum absolute atomic E-state index is 11.3. The molecule has 0 saturated heterocycles. The van der Waals surface area contributed by atoms with Crippen LogP contribution in [0.2, 0.25) is 0 Å². The summed E-state index contributed by atoms with van der Waals surface area (Å²) in [4.78, 5) is 11.3. The fourth-order valence-electron chi connectivity index (χ4n) is 1.69. The molecular formula is C17H28O2. The Morgan fingerprint density at radius 1 is 1.05 bits per heavy atom. The van der Waals surface area contributed by atoms with Gasteiger partial charge in [-0.1, -0.05) is 51.0 Å². The van der Waals surface area contributed by atoms with Gasteiger partial charge in [-0.2, -0.15) is 0 Å². The number of hydrogen-bond donors (Lipinski definition) is 0. The minimum atomic E-state index is -0.274. The van der Waals surface area contributed by atoms with E-state index >= 15 is 0 Å². The lowest BCUT2D eigenvalue weighted by atomic mass is 10.0. The van der Waals surface area contributed by atoms with E-state index in [4.69, 9.17) is 4.74 Å². The van der Waals surface area contributed by atoms with Gasteiger partial charge in [-0.15, -0.1) is 0 Å². The summed E-state index contributed by atoms with van der Waals surface area (Å²) >= 11 is 0. The van der Waals surface area contributed by atoms with E-state index < -0.39 is 0 Å². The van der Waals surface area contributed by atoms with Gasteiger partial charge in [0.1, 0.15) is 0 Å². The second-order valence-corrected chi connectivity index (χ2v) is 4.67. The Morgan fingerprint density at radius 3 is 2.26 bits per heavy atom. The lowest BCUT2D eigenvalue weighted by Gasteiger charge is -2.04. The summed E-state index contributed by atoms with van der Waals surface area (Å²) in [7, 11) is 0. The van der Waals surface area contributed by atoms with Crippen molar-refractivity contribution < 1.29 is 9.53 Å². The Bertz CT molecular complexity index is 324. The molecule has 0 N–H and O–H groups in total. The van der Waals surface area contributed by atoms with Crippen LogP contribution in [0.4, 0.5) is 0 Å². The molecule has 0 spiro atoms. The summed E-state index contributed by atoms with van der Waals surface area (Å²) in [5.74, 6) is -0.274. The predicted octanol–water partition coefficient (Wildman–Crippen LogP) is 4.97. The highest BCUT2D eigenvalue weighted by atomic mass is 16.5. The molecule has 0 aliphatic heterocycles. The highest BCUT2D eigenvalue weighted by Gasteiger charge is 1.98. The zero-order valence-electron chi connectivity index (χ0n) is 12.7. The number of carbonyl (C=O) groups is 1. The van der Waals surface area contributed by atoms with Crippen LogP contribution in [0.1, 0.15) is 59.3 Å². The van der Waals surface area contributed by atoms with Crippen molar-refractivity contribution in [2.45, 2.75) is 59.3 Å². The molecule has 0 aromatic heterocycles. The highest BCUT2D eigenvalue weighted by Crippen LogP contribution is 2.15. The van der Waals surface area contributed by atoms with Crippen LogP contribution in [-0.2, 0) is 9.53 Å². The number of esters is 1. The van der Waals surface area contributed by atoms with Crippen LogP contribution < -0.4 is 0 Å². The smallest absolute Gasteiger partial charge is 0.330 e. The van der Waals surface area contributed by atoms with Crippen molar-refractivity contribution >= 4 is 5.97 Å². The molecule has 0 bridgehead atoms. The fourth-order valence-corrected chi connectivity index (χ4v) is 1.69. The first kappa shape index (κ1) is 17.7. The third-order valence-corrected chi connectivity index (χ3v) is 2.78. The van der Waals surface area contributed by atoms with Crippen LogP contribution in [-0.4, -0.2) is 12.6 Å². The van der Waals surface area contributed by atoms with Crippen LogP contribution in [0, 0.1) is 0 Å². The number of allylic oxidation sites excluding steroid dienone is 4. The zero-order valence-corrected chi connectivity index (χ0v) is 12.7. The average molecular weight is 264 g/mol. The van der Waals surface area contributed by atoms with Gasteiger partial charge in [0, 0.05) is 6.08 Å². The third-order valence-electron chi connectivity index (χ3n) is 2.78. The minimum Gasteiger partial charge on any atom is -0.463 e. The summed E-state index contributed by atoms with van der Waals surface area (Å²) in [6, 6.07) is 0. The van der Waals surface area contributed by atoms with Crippen LogP contribution >= 0.6 is 0 Å². The number of unbranched alkanes of at least 4 members (excludes halogenated alkanes) is 2. The minimum absolute atomic E-state index is 0.274. The SMILES string of the molecule is C=C(/C=C(\C=C\C(=O)OCC)CCCC)CCCC. The lowest BCUT2D eigenvalue weighted by Crippen LogP contribution is -1.99. The Hall–Kier alpha value is -1.31. The molecule has 0 aromatic rings. The first-order valence-corrected chi connectivity index (χ1v) is 7.37. The molecule has 0 fully saturated rings. The summed E-state index contributed by atoms with van der Waals surface area (Å²) in [5, 5.41) is 0. The molecule has 2 nitrogen and oxygen atoms in total. The zero-order chi connectivity index (χ0) is 14.5. The first-order chi connectivity index (χ1) is 9.13. The van der Waals surface area contributed by atoms with Gasteiger partial charge >= 0.3 is 5.97 Å². The van der Waals surface area contributed by atoms with Crippen molar-refractivity contribution in [3.8, 4) is 0 Å². The molecule has 0 saturated carbocycles. The normalized spacial score (nSPS) is 11.8. The Morgan fingerprint density at radius 2 is 1.68 bits per heavy atom. The summed E-state index contributed by atoms with van der Waals surface area (Å²) < 4.78 is 4.89. The van der Waals surface area contributed by atoms with E-state index in [1.807, 2.05) is 13.0 Å². The molecule has 0 unspecified atom stereocenters.